The van der Waals surface area contributed by atoms with Crippen molar-refractivity contribution in [2.75, 3.05) is 33.3 Å². The van der Waals surface area contributed by atoms with Gasteiger partial charge in [0, 0.05) is 43.7 Å². The van der Waals surface area contributed by atoms with E-state index in [1.165, 1.54) is 5.56 Å². The summed E-state index contributed by atoms with van der Waals surface area (Å²) in [5, 5.41) is 2.32. The predicted molar refractivity (Wildman–Crippen MR) is 140 cm³/mol. The van der Waals surface area contributed by atoms with E-state index >= 15 is 0 Å². The number of ketones is 1. The fourth-order valence-electron chi connectivity index (χ4n) is 4.83. The Kier molecular flexibility index (Phi) is 7.89. The van der Waals surface area contributed by atoms with Gasteiger partial charge in [0.2, 0.25) is 0 Å². The van der Waals surface area contributed by atoms with Crippen LogP contribution in [-0.4, -0.2) is 54.5 Å². The molecule has 0 aliphatic carbocycles. The molecule has 0 saturated carbocycles. The number of methoxy groups -OCH3 is 1. The molecule has 1 aliphatic rings. The van der Waals surface area contributed by atoms with Crippen LogP contribution in [0.25, 0.3) is 10.8 Å². The Labute approximate surface area is 207 Å². The monoisotopic (exact) mass is 479 g/mol. The van der Waals surface area contributed by atoms with E-state index < -0.39 is 5.66 Å². The molecule has 0 radical (unpaired) electrons. The minimum atomic E-state index is -1.02. The third-order valence-corrected chi connectivity index (χ3v) is 7.28. The van der Waals surface area contributed by atoms with Crippen molar-refractivity contribution in [3.05, 3.63) is 76.8 Å². The van der Waals surface area contributed by atoms with Gasteiger partial charge in [0.1, 0.15) is 11.4 Å². The van der Waals surface area contributed by atoms with Crippen LogP contribution in [0.15, 0.2) is 60.7 Å². The molecule has 0 amide bonds. The van der Waals surface area contributed by atoms with Crippen molar-refractivity contribution in [1.29, 1.82) is 0 Å². The standard InChI is InChI=1S/C28H34ClN3O2/c1-3-4-14-28(30,32-17-15-31(16-18-32)20-21-8-6-5-7-9-21)27(33)23-10-12-24-22(19-23)11-13-25(34-2)26(24)29/h5-13,19H,3-4,14-18,20,30H2,1-2H3/t28-/m0/s1. The van der Waals surface area contributed by atoms with E-state index in [2.05, 4.69) is 41.0 Å². The molecule has 6 heteroatoms. The SMILES string of the molecule is CCCC[C@@](N)(C(=O)c1ccc2c(Cl)c(OC)ccc2c1)N1CCN(Cc2ccccc2)CC1. The van der Waals surface area contributed by atoms with E-state index in [0.29, 0.717) is 22.8 Å². The van der Waals surface area contributed by atoms with Gasteiger partial charge in [-0.15, -0.1) is 0 Å². The van der Waals surface area contributed by atoms with Gasteiger partial charge in [-0.25, -0.2) is 0 Å². The number of hydrogen-bond acceptors (Lipinski definition) is 5. The van der Waals surface area contributed by atoms with Gasteiger partial charge >= 0.3 is 0 Å². The Morgan fingerprint density at radius 1 is 1.06 bits per heavy atom. The van der Waals surface area contributed by atoms with Crippen LogP contribution in [0.2, 0.25) is 5.02 Å². The quantitative estimate of drug-likeness (QED) is 0.419. The lowest BCUT2D eigenvalue weighted by molar-refractivity contribution is 0.0243. The van der Waals surface area contributed by atoms with Crippen molar-refractivity contribution in [2.24, 2.45) is 5.73 Å². The van der Waals surface area contributed by atoms with Gasteiger partial charge in [0.05, 0.1) is 12.1 Å². The lowest BCUT2D eigenvalue weighted by atomic mass is 9.90. The summed E-state index contributed by atoms with van der Waals surface area (Å²) in [6, 6.07) is 19.9. The molecule has 0 spiro atoms. The third kappa shape index (κ3) is 5.13. The number of piperazine rings is 1. The van der Waals surface area contributed by atoms with E-state index in [4.69, 9.17) is 22.1 Å². The molecule has 1 fully saturated rings. The number of nitrogens with two attached hydrogens (primary N) is 1. The molecule has 1 atom stereocenters. The van der Waals surface area contributed by atoms with Gasteiger partial charge in [-0.3, -0.25) is 14.6 Å². The minimum absolute atomic E-state index is 0.0219. The van der Waals surface area contributed by atoms with Crippen LogP contribution >= 0.6 is 11.6 Å². The number of Topliss-reactive ketones (excluding diaryl/α,β-unsaturated/α-hetero) is 1. The Bertz CT molecular complexity index is 1130. The summed E-state index contributed by atoms with van der Waals surface area (Å²) in [4.78, 5) is 18.5. The molecular formula is C28H34ClN3O2. The fourth-order valence-corrected chi connectivity index (χ4v) is 5.14. The molecule has 1 aliphatic heterocycles. The van der Waals surface area contributed by atoms with Crippen molar-refractivity contribution in [3.8, 4) is 5.75 Å². The predicted octanol–water partition coefficient (Wildman–Crippen LogP) is 5.35. The second-order valence-electron chi connectivity index (χ2n) is 9.12. The number of ether oxygens (including phenoxy) is 1. The molecule has 3 aromatic rings. The Balaban J connectivity index is 1.54. The Morgan fingerprint density at radius 2 is 1.79 bits per heavy atom. The molecule has 34 heavy (non-hydrogen) atoms. The average molecular weight is 480 g/mol. The van der Waals surface area contributed by atoms with Crippen LogP contribution in [0.4, 0.5) is 0 Å². The maximum Gasteiger partial charge on any atom is 0.197 e. The van der Waals surface area contributed by atoms with Gasteiger partial charge in [0.25, 0.3) is 0 Å². The number of halogens is 1. The van der Waals surface area contributed by atoms with Gasteiger partial charge in [-0.05, 0) is 29.5 Å². The highest BCUT2D eigenvalue weighted by molar-refractivity contribution is 6.37. The topological polar surface area (TPSA) is 58.8 Å². The van der Waals surface area contributed by atoms with Crippen LogP contribution < -0.4 is 10.5 Å². The molecule has 2 N–H and O–H groups in total. The van der Waals surface area contributed by atoms with Crippen molar-refractivity contribution in [3.63, 3.8) is 0 Å². The maximum atomic E-state index is 13.9. The number of benzene rings is 3. The van der Waals surface area contributed by atoms with Gasteiger partial charge in [-0.2, -0.15) is 0 Å². The number of unbranched alkanes of at least 4 members (excludes halogenated alkanes) is 1. The van der Waals surface area contributed by atoms with Crippen LogP contribution in [0.5, 0.6) is 5.75 Å². The summed E-state index contributed by atoms with van der Waals surface area (Å²) in [5.41, 5.74) is 7.88. The Morgan fingerprint density at radius 3 is 2.47 bits per heavy atom. The van der Waals surface area contributed by atoms with Crippen molar-refractivity contribution in [1.82, 2.24) is 9.80 Å². The van der Waals surface area contributed by atoms with Gasteiger partial charge < -0.3 is 10.5 Å². The van der Waals surface area contributed by atoms with E-state index in [0.717, 1.165) is 56.3 Å². The van der Waals surface area contributed by atoms with Crippen molar-refractivity contribution < 1.29 is 9.53 Å². The summed E-state index contributed by atoms with van der Waals surface area (Å²) in [6.45, 7) is 6.38. The largest absolute Gasteiger partial charge is 0.495 e. The molecule has 0 bridgehead atoms. The number of nitrogens with zero attached hydrogens (tertiary/aromatic N) is 2. The maximum absolute atomic E-state index is 13.9. The highest BCUT2D eigenvalue weighted by Crippen LogP contribution is 2.34. The normalized spacial score (nSPS) is 16.9. The average Bonchev–Trinajstić information content (AvgIpc) is 2.88. The van der Waals surface area contributed by atoms with Gasteiger partial charge in [-0.1, -0.05) is 79.9 Å². The van der Waals surface area contributed by atoms with Crippen molar-refractivity contribution in [2.45, 2.75) is 38.4 Å². The number of hydrogen-bond donors (Lipinski definition) is 1. The fraction of sp³-hybridized carbons (Fsp3) is 0.393. The van der Waals surface area contributed by atoms with Crippen LogP contribution in [0.3, 0.4) is 0 Å². The number of carbonyl (C=O) groups excluding carboxylic acids is 1. The third-order valence-electron chi connectivity index (χ3n) is 6.89. The summed E-state index contributed by atoms with van der Waals surface area (Å²) < 4.78 is 5.33. The lowest BCUT2D eigenvalue weighted by Gasteiger charge is -2.45. The first-order valence-electron chi connectivity index (χ1n) is 12.1. The zero-order valence-electron chi connectivity index (χ0n) is 20.1. The van der Waals surface area contributed by atoms with Crippen molar-refractivity contribution >= 4 is 28.2 Å². The first-order chi connectivity index (χ1) is 16.5. The highest BCUT2D eigenvalue weighted by atomic mass is 35.5. The van der Waals surface area contributed by atoms with E-state index in [1.807, 2.05) is 36.4 Å². The zero-order valence-corrected chi connectivity index (χ0v) is 20.9. The summed E-state index contributed by atoms with van der Waals surface area (Å²) in [6.07, 6.45) is 2.54. The van der Waals surface area contributed by atoms with E-state index in [1.54, 1.807) is 7.11 Å². The molecule has 180 valence electrons. The summed E-state index contributed by atoms with van der Waals surface area (Å²) in [7, 11) is 1.60. The highest BCUT2D eigenvalue weighted by Gasteiger charge is 2.41. The minimum Gasteiger partial charge on any atom is -0.495 e. The number of rotatable bonds is 9. The van der Waals surface area contributed by atoms with Crippen LogP contribution in [0.1, 0.15) is 42.1 Å². The van der Waals surface area contributed by atoms with E-state index in [-0.39, 0.29) is 5.78 Å². The molecule has 0 aromatic heterocycles. The molecule has 4 rings (SSSR count). The lowest BCUT2D eigenvalue weighted by Crippen LogP contribution is -2.65. The first-order valence-corrected chi connectivity index (χ1v) is 12.5. The molecular weight excluding hydrogens is 446 g/mol. The van der Waals surface area contributed by atoms with Gasteiger partial charge in [0.15, 0.2) is 5.78 Å². The second kappa shape index (κ2) is 10.9. The summed E-state index contributed by atoms with van der Waals surface area (Å²) >= 11 is 6.48. The van der Waals surface area contributed by atoms with Crippen LogP contribution in [-0.2, 0) is 6.54 Å². The smallest absolute Gasteiger partial charge is 0.197 e. The first kappa shape index (κ1) is 24.7. The molecule has 1 saturated heterocycles. The number of fused-ring (bicyclic) bond motifs is 1. The van der Waals surface area contributed by atoms with E-state index in [9.17, 15) is 4.79 Å². The molecule has 1 heterocycles. The summed E-state index contributed by atoms with van der Waals surface area (Å²) in [5.74, 6) is 0.601. The second-order valence-corrected chi connectivity index (χ2v) is 9.50. The molecule has 3 aromatic carbocycles. The molecule has 0 unspecified atom stereocenters. The van der Waals surface area contributed by atoms with Crippen LogP contribution in [0, 0.1) is 0 Å². The zero-order chi connectivity index (χ0) is 24.1. The molecule has 5 nitrogen and oxygen atoms in total. The Hall–Kier alpha value is -2.44. The number of carbonyl (C=O) groups is 1.